The van der Waals surface area contributed by atoms with E-state index in [4.69, 9.17) is 4.42 Å². The van der Waals surface area contributed by atoms with Crippen molar-refractivity contribution in [1.82, 2.24) is 5.32 Å². The van der Waals surface area contributed by atoms with Gasteiger partial charge in [-0.05, 0) is 39.9 Å². The maximum atomic E-state index is 13.7. The van der Waals surface area contributed by atoms with Crippen molar-refractivity contribution in [1.29, 1.82) is 0 Å². The first-order valence-corrected chi connectivity index (χ1v) is 8.11. The Kier molecular flexibility index (Phi) is 4.79. The third kappa shape index (κ3) is 3.67. The first-order chi connectivity index (χ1) is 9.70. The second kappa shape index (κ2) is 6.09. The number of nitrogens with one attached hydrogen (secondary N) is 1. The Labute approximate surface area is 134 Å². The smallest absolute Gasteiger partial charge is 0.141 e. The number of rotatable bonds is 4. The number of hydrogen-bond donors (Lipinski definition) is 1. The molecular formula is C17H23BrFNO. The van der Waals surface area contributed by atoms with Crippen LogP contribution in [0.3, 0.4) is 0 Å². The van der Waals surface area contributed by atoms with Crippen molar-refractivity contribution in [3.8, 4) is 0 Å². The number of hydrogen-bond acceptors (Lipinski definition) is 2. The van der Waals surface area contributed by atoms with E-state index < -0.39 is 0 Å². The molecule has 0 radical (unpaired) electrons. The Morgan fingerprint density at radius 2 is 1.95 bits per heavy atom. The van der Waals surface area contributed by atoms with E-state index in [-0.39, 0.29) is 11.2 Å². The summed E-state index contributed by atoms with van der Waals surface area (Å²) in [6.45, 7) is 12.4. The zero-order valence-electron chi connectivity index (χ0n) is 13.3. The highest BCUT2D eigenvalue weighted by Crippen LogP contribution is 2.37. The van der Waals surface area contributed by atoms with Crippen molar-refractivity contribution in [3.63, 3.8) is 0 Å². The van der Waals surface area contributed by atoms with Gasteiger partial charge in [-0.1, -0.05) is 34.6 Å². The molecule has 116 valence electrons. The van der Waals surface area contributed by atoms with Gasteiger partial charge in [0.25, 0.3) is 0 Å². The van der Waals surface area contributed by atoms with Crippen LogP contribution in [0.1, 0.15) is 45.9 Å². The van der Waals surface area contributed by atoms with Crippen molar-refractivity contribution >= 4 is 26.9 Å². The molecule has 1 aromatic carbocycles. The van der Waals surface area contributed by atoms with E-state index in [0.29, 0.717) is 22.5 Å². The van der Waals surface area contributed by atoms with E-state index in [0.717, 1.165) is 23.3 Å². The molecule has 0 aliphatic heterocycles. The maximum absolute atomic E-state index is 13.7. The highest BCUT2D eigenvalue weighted by molar-refractivity contribution is 9.10. The van der Waals surface area contributed by atoms with E-state index in [1.54, 1.807) is 0 Å². The molecule has 0 spiro atoms. The van der Waals surface area contributed by atoms with Crippen molar-refractivity contribution in [2.45, 2.75) is 46.6 Å². The predicted molar refractivity (Wildman–Crippen MR) is 89.1 cm³/mol. The summed E-state index contributed by atoms with van der Waals surface area (Å²) >= 11 is 3.27. The molecule has 0 saturated carbocycles. The first-order valence-electron chi connectivity index (χ1n) is 7.31. The van der Waals surface area contributed by atoms with Crippen molar-refractivity contribution in [2.75, 3.05) is 6.54 Å². The third-order valence-electron chi connectivity index (χ3n) is 3.39. The molecule has 0 fully saturated rings. The largest absolute Gasteiger partial charge is 0.459 e. The SMILES string of the molecule is CC(C)CNCc1oc2cc(F)c(Br)cc2c1C(C)(C)C. The lowest BCUT2D eigenvalue weighted by Crippen LogP contribution is -2.21. The summed E-state index contributed by atoms with van der Waals surface area (Å²) in [5.74, 6) is 1.19. The average molecular weight is 356 g/mol. The number of fused-ring (bicyclic) bond motifs is 1. The Morgan fingerprint density at radius 3 is 2.52 bits per heavy atom. The van der Waals surface area contributed by atoms with Crippen molar-refractivity contribution in [2.24, 2.45) is 5.92 Å². The van der Waals surface area contributed by atoms with Crippen LogP contribution in [0.5, 0.6) is 0 Å². The number of halogens is 2. The average Bonchev–Trinajstić information content (AvgIpc) is 2.66. The quantitative estimate of drug-likeness (QED) is 0.796. The van der Waals surface area contributed by atoms with Gasteiger partial charge >= 0.3 is 0 Å². The maximum Gasteiger partial charge on any atom is 0.141 e. The monoisotopic (exact) mass is 355 g/mol. The van der Waals surface area contributed by atoms with E-state index in [2.05, 4.69) is 55.9 Å². The van der Waals surface area contributed by atoms with Gasteiger partial charge in [0.2, 0.25) is 0 Å². The fourth-order valence-electron chi connectivity index (χ4n) is 2.56. The summed E-state index contributed by atoms with van der Waals surface area (Å²) in [6.07, 6.45) is 0. The standard InChI is InChI=1S/C17H23BrFNO/c1-10(2)8-20-9-15-16(17(3,4)5)11-6-12(18)13(19)7-14(11)21-15/h6-7,10,20H,8-9H2,1-5H3. The lowest BCUT2D eigenvalue weighted by atomic mass is 9.84. The first kappa shape index (κ1) is 16.5. The second-order valence-electron chi connectivity index (χ2n) is 6.94. The predicted octanol–water partition coefficient (Wildman–Crippen LogP) is 5.38. The van der Waals surface area contributed by atoms with Gasteiger partial charge in [0.1, 0.15) is 17.2 Å². The molecule has 2 nitrogen and oxygen atoms in total. The van der Waals surface area contributed by atoms with Crippen LogP contribution in [0.25, 0.3) is 11.0 Å². The van der Waals surface area contributed by atoms with Gasteiger partial charge in [0.05, 0.1) is 11.0 Å². The molecule has 1 heterocycles. The van der Waals surface area contributed by atoms with Crippen molar-refractivity contribution < 1.29 is 8.81 Å². The van der Waals surface area contributed by atoms with Gasteiger partial charge in [-0.2, -0.15) is 0 Å². The fraction of sp³-hybridized carbons (Fsp3) is 0.529. The van der Waals surface area contributed by atoms with Crippen LogP contribution < -0.4 is 5.32 Å². The molecule has 21 heavy (non-hydrogen) atoms. The number of benzene rings is 1. The highest BCUT2D eigenvalue weighted by atomic mass is 79.9. The van der Waals surface area contributed by atoms with Gasteiger partial charge in [-0.3, -0.25) is 0 Å². The third-order valence-corrected chi connectivity index (χ3v) is 4.00. The molecule has 0 saturated heterocycles. The lowest BCUT2D eigenvalue weighted by molar-refractivity contribution is 0.464. The molecule has 0 amide bonds. The molecule has 1 aromatic heterocycles. The van der Waals surface area contributed by atoms with Crippen molar-refractivity contribution in [3.05, 3.63) is 33.7 Å². The normalized spacial score (nSPS) is 12.6. The lowest BCUT2D eigenvalue weighted by Gasteiger charge is -2.19. The molecule has 0 atom stereocenters. The van der Waals surface area contributed by atoms with Gasteiger partial charge in [0, 0.05) is 17.0 Å². The van der Waals surface area contributed by atoms with Crippen LogP contribution in [-0.2, 0) is 12.0 Å². The molecule has 2 rings (SSSR count). The molecule has 0 bridgehead atoms. The molecule has 2 aromatic rings. The summed E-state index contributed by atoms with van der Waals surface area (Å²) in [5.41, 5.74) is 1.70. The Morgan fingerprint density at radius 1 is 1.29 bits per heavy atom. The zero-order chi connectivity index (χ0) is 15.8. The summed E-state index contributed by atoms with van der Waals surface area (Å²) < 4.78 is 20.1. The highest BCUT2D eigenvalue weighted by Gasteiger charge is 2.25. The van der Waals surface area contributed by atoms with Gasteiger partial charge in [0.15, 0.2) is 0 Å². The molecule has 0 unspecified atom stereocenters. The van der Waals surface area contributed by atoms with Gasteiger partial charge < -0.3 is 9.73 Å². The van der Waals surface area contributed by atoms with Crippen LogP contribution >= 0.6 is 15.9 Å². The van der Waals surface area contributed by atoms with E-state index in [1.807, 2.05) is 6.07 Å². The van der Waals surface area contributed by atoms with Crippen LogP contribution in [0.15, 0.2) is 21.0 Å². The Bertz CT molecular complexity index is 640. The van der Waals surface area contributed by atoms with Crippen LogP contribution in [0, 0.1) is 11.7 Å². The molecular weight excluding hydrogens is 333 g/mol. The van der Waals surface area contributed by atoms with Gasteiger partial charge in [-0.25, -0.2) is 4.39 Å². The molecule has 0 aliphatic carbocycles. The Balaban J connectivity index is 2.48. The minimum atomic E-state index is -0.293. The second-order valence-corrected chi connectivity index (χ2v) is 7.79. The summed E-state index contributed by atoms with van der Waals surface area (Å²) in [6, 6.07) is 3.28. The van der Waals surface area contributed by atoms with Crippen LogP contribution in [-0.4, -0.2) is 6.54 Å². The van der Waals surface area contributed by atoms with E-state index in [9.17, 15) is 4.39 Å². The minimum absolute atomic E-state index is 0.0582. The topological polar surface area (TPSA) is 25.2 Å². The van der Waals surface area contributed by atoms with E-state index in [1.165, 1.54) is 6.07 Å². The summed E-state index contributed by atoms with van der Waals surface area (Å²) in [4.78, 5) is 0. The van der Waals surface area contributed by atoms with Crippen LogP contribution in [0.4, 0.5) is 4.39 Å². The Hall–Kier alpha value is -0.870. The fourth-order valence-corrected chi connectivity index (χ4v) is 2.91. The van der Waals surface area contributed by atoms with E-state index >= 15 is 0 Å². The molecule has 4 heteroatoms. The van der Waals surface area contributed by atoms with Gasteiger partial charge in [-0.15, -0.1) is 0 Å². The molecule has 0 aliphatic rings. The molecule has 1 N–H and O–H groups in total. The summed E-state index contributed by atoms with van der Waals surface area (Å²) in [5, 5.41) is 4.39. The zero-order valence-corrected chi connectivity index (χ0v) is 14.9. The summed E-state index contributed by atoms with van der Waals surface area (Å²) in [7, 11) is 0. The number of furan rings is 1. The minimum Gasteiger partial charge on any atom is -0.459 e. The van der Waals surface area contributed by atoms with Crippen LogP contribution in [0.2, 0.25) is 0 Å².